The molecule has 3 aliphatic rings. The van der Waals surface area contributed by atoms with E-state index in [2.05, 4.69) is 112 Å². The molecule has 79 heavy (non-hydrogen) atoms. The Balaban J connectivity index is 1.00. The molecular formula is C70H60B2N6O. The van der Waals surface area contributed by atoms with Crippen molar-refractivity contribution in [1.82, 2.24) is 20.2 Å². The first-order chi connectivity index (χ1) is 41.6. The molecule has 382 valence electrons. The summed E-state index contributed by atoms with van der Waals surface area (Å²) in [4.78, 5) is 9.20. The van der Waals surface area contributed by atoms with Crippen LogP contribution in [0, 0.1) is 0 Å². The summed E-state index contributed by atoms with van der Waals surface area (Å²) >= 11 is 0. The number of benzene rings is 7. The number of nitrogens with zero attached hydrogens (tertiary/aromatic N) is 4. The SMILES string of the molecule is [2H]c1c(Oc2ccc3c4c([2H])c([2H])c([2H])c([2H])c4n(-c4cc(C(C)(c5ccccc5)c5ccccc5)ccn4)c3c2)cc(N2CN(c3c(/C4=C/C=C\N/C=C\C=C/[B]4)cc(C(C)(C)C)cc3/C3=C/C=C\N/C=C\C=C/[B]3)c3ccccc32)c([2H])c1[2H]. The lowest BCUT2D eigenvalue weighted by Gasteiger charge is -2.32. The van der Waals surface area contributed by atoms with Crippen LogP contribution in [0.25, 0.3) is 38.6 Å². The van der Waals surface area contributed by atoms with Crippen LogP contribution in [0.1, 0.15) is 70.7 Å². The summed E-state index contributed by atoms with van der Waals surface area (Å²) in [7, 11) is 4.24. The monoisotopic (exact) mass is 1030 g/mol. The molecular weight excluding hydrogens is 962 g/mol. The van der Waals surface area contributed by atoms with E-state index in [1.165, 1.54) is 0 Å². The second-order valence-corrected chi connectivity index (χ2v) is 20.6. The number of pyridine rings is 1. The van der Waals surface area contributed by atoms with E-state index in [4.69, 9.17) is 12.5 Å². The molecule has 7 nitrogen and oxygen atoms in total. The van der Waals surface area contributed by atoms with Crippen LogP contribution in [0.15, 0.2) is 267 Å². The second kappa shape index (κ2) is 21.9. The van der Waals surface area contributed by atoms with E-state index in [0.29, 0.717) is 27.8 Å². The zero-order valence-corrected chi connectivity index (χ0v) is 44.4. The Morgan fingerprint density at radius 1 is 0.532 bits per heavy atom. The third-order valence-electron chi connectivity index (χ3n) is 14.7. The molecule has 0 aliphatic carbocycles. The number of ether oxygens (including phenoxy) is 1. The highest BCUT2D eigenvalue weighted by Crippen LogP contribution is 2.50. The fraction of sp³-hybridized carbons (Fsp3) is 0.100. The van der Waals surface area contributed by atoms with Crippen molar-refractivity contribution < 1.29 is 14.3 Å². The van der Waals surface area contributed by atoms with Crippen molar-refractivity contribution >= 4 is 70.1 Å². The Morgan fingerprint density at radius 3 is 1.81 bits per heavy atom. The van der Waals surface area contributed by atoms with Crippen LogP contribution in [0.3, 0.4) is 0 Å². The Labute approximate surface area is 475 Å². The van der Waals surface area contributed by atoms with Crippen molar-refractivity contribution in [3.8, 4) is 17.3 Å². The summed E-state index contributed by atoms with van der Waals surface area (Å²) in [6.45, 7) is 9.04. The molecule has 0 unspecified atom stereocenters. The number of hydrogen-bond donors (Lipinski definition) is 2. The van der Waals surface area contributed by atoms with Crippen molar-refractivity contribution in [1.29, 1.82) is 0 Å². The first-order valence-electron chi connectivity index (χ1n) is 30.0. The molecule has 0 saturated carbocycles. The van der Waals surface area contributed by atoms with Gasteiger partial charge in [-0.25, -0.2) is 4.98 Å². The van der Waals surface area contributed by atoms with Crippen molar-refractivity contribution in [3.63, 3.8) is 0 Å². The van der Waals surface area contributed by atoms with E-state index < -0.39 is 5.41 Å². The normalized spacial score (nSPS) is 19.5. The van der Waals surface area contributed by atoms with Crippen LogP contribution in [-0.4, -0.2) is 30.8 Å². The van der Waals surface area contributed by atoms with E-state index in [1.807, 2.05) is 145 Å². The van der Waals surface area contributed by atoms with Gasteiger partial charge in [-0.15, -0.1) is 12.0 Å². The lowest BCUT2D eigenvalue weighted by molar-refractivity contribution is 0.483. The molecule has 7 aromatic carbocycles. The smallest absolute Gasteiger partial charge is 0.182 e. The van der Waals surface area contributed by atoms with Gasteiger partial charge < -0.3 is 25.2 Å². The van der Waals surface area contributed by atoms with Gasteiger partial charge in [0.25, 0.3) is 0 Å². The molecule has 0 saturated heterocycles. The largest absolute Gasteiger partial charge is 0.457 e. The van der Waals surface area contributed by atoms with E-state index in [9.17, 15) is 6.85 Å². The molecule has 0 bridgehead atoms. The molecule has 9 heteroatoms. The summed E-state index contributed by atoms with van der Waals surface area (Å²) in [6, 6.07) is 42.0. The summed E-state index contributed by atoms with van der Waals surface area (Å²) in [6.07, 6.45) is 25.3. The van der Waals surface area contributed by atoms with Gasteiger partial charge in [0.05, 0.1) is 37.7 Å². The molecule has 9 aromatic rings. The minimum absolute atomic E-state index is 0.0331. The maximum Gasteiger partial charge on any atom is 0.182 e. The van der Waals surface area contributed by atoms with Gasteiger partial charge in [-0.3, -0.25) is 4.57 Å². The van der Waals surface area contributed by atoms with Crippen LogP contribution in [0.4, 0.5) is 22.7 Å². The van der Waals surface area contributed by atoms with Gasteiger partial charge in [-0.1, -0.05) is 153 Å². The molecule has 2 radical (unpaired) electrons. The predicted molar refractivity (Wildman–Crippen MR) is 333 cm³/mol. The molecule has 0 spiro atoms. The van der Waals surface area contributed by atoms with Gasteiger partial charge in [-0.05, 0) is 137 Å². The topological polar surface area (TPSA) is 57.6 Å². The Bertz CT molecular complexity index is 4300. The highest BCUT2D eigenvalue weighted by molar-refractivity contribution is 6.67. The number of allylic oxidation sites excluding steroid dienone is 8. The molecule has 2 aromatic heterocycles. The summed E-state index contributed by atoms with van der Waals surface area (Å²) in [5.74, 6) is 4.79. The molecule has 3 aliphatic heterocycles. The third-order valence-corrected chi connectivity index (χ3v) is 14.7. The van der Waals surface area contributed by atoms with Gasteiger partial charge in [0, 0.05) is 65.0 Å². The van der Waals surface area contributed by atoms with Gasteiger partial charge in [0.1, 0.15) is 24.0 Å². The van der Waals surface area contributed by atoms with Crippen LogP contribution in [-0.2, 0) is 10.8 Å². The zero-order valence-electron chi connectivity index (χ0n) is 51.4. The fourth-order valence-electron chi connectivity index (χ4n) is 10.6. The van der Waals surface area contributed by atoms with Gasteiger partial charge in [0.2, 0.25) is 0 Å². The number of aromatic nitrogens is 2. The number of anilines is 4. The molecule has 0 atom stereocenters. The van der Waals surface area contributed by atoms with Crippen LogP contribution < -0.4 is 25.2 Å². The van der Waals surface area contributed by atoms with Crippen LogP contribution in [0.2, 0.25) is 0 Å². The first kappa shape index (κ1) is 42.6. The first-order valence-corrected chi connectivity index (χ1v) is 26.5. The average Bonchev–Trinajstić information content (AvgIpc) is 1.61. The van der Waals surface area contributed by atoms with Gasteiger partial charge in [-0.2, -0.15) is 0 Å². The standard InChI is InChI=1S/C70H60B2N6O/c1-69(2,3)53-44-59(61-29-20-41-73-39-17-15-37-71-61)68(60(45-53)62-30-21-42-74-40-18-16-38-72-62)77-49-76(64-32-13-14-33-65(64)77)54-26-19-27-55(47-54)79-56-34-35-58-57-28-11-12-31-63(57)78(66(58)48-56)67-46-52(36-43-75-67)70(4,50-22-7-5-8-23-50)51-24-9-6-10-25-51/h5-48,73-74H,49H2,1-4H3/b37-15-,38-16-,39-17-,40-18-,41-20-,42-21-,61-29-,62-30-/i11D,12D,19D,26D,27D,28D,31D. The third kappa shape index (κ3) is 10.1. The van der Waals surface area contributed by atoms with E-state index in [-0.39, 0.29) is 71.4 Å². The Morgan fingerprint density at radius 2 is 1.15 bits per heavy atom. The second-order valence-electron chi connectivity index (χ2n) is 20.6. The van der Waals surface area contributed by atoms with Gasteiger partial charge in [0.15, 0.2) is 14.6 Å². The number of fused-ring (bicyclic) bond motifs is 4. The number of para-hydroxylation sites is 3. The number of hydrogen-bond acceptors (Lipinski definition) is 6. The molecule has 12 rings (SSSR count). The summed E-state index contributed by atoms with van der Waals surface area (Å²) < 4.78 is 73.2. The average molecular weight is 1030 g/mol. The molecule has 5 heterocycles. The molecule has 0 amide bonds. The Hall–Kier alpha value is -9.46. The number of rotatable bonds is 10. The minimum atomic E-state index is -0.662. The van der Waals surface area contributed by atoms with Crippen molar-refractivity contribution in [2.24, 2.45) is 0 Å². The maximum absolute atomic E-state index is 9.62. The van der Waals surface area contributed by atoms with Crippen LogP contribution >= 0.6 is 0 Å². The van der Waals surface area contributed by atoms with Crippen molar-refractivity contribution in [3.05, 3.63) is 301 Å². The highest BCUT2D eigenvalue weighted by Gasteiger charge is 2.34. The summed E-state index contributed by atoms with van der Waals surface area (Å²) in [5.41, 5.74) is 10.7. The Kier molecular flexibility index (Phi) is 11.8. The lowest BCUT2D eigenvalue weighted by Crippen LogP contribution is -2.26. The van der Waals surface area contributed by atoms with E-state index in [0.717, 1.165) is 61.4 Å². The van der Waals surface area contributed by atoms with E-state index in [1.54, 1.807) is 35.0 Å². The van der Waals surface area contributed by atoms with E-state index >= 15 is 0 Å². The molecule has 2 N–H and O–H groups in total. The fourth-order valence-corrected chi connectivity index (χ4v) is 10.6. The van der Waals surface area contributed by atoms with Crippen molar-refractivity contribution in [2.75, 3.05) is 16.5 Å². The summed E-state index contributed by atoms with van der Waals surface area (Å²) in [5, 5.41) is 7.30. The van der Waals surface area contributed by atoms with Crippen LogP contribution in [0.5, 0.6) is 11.5 Å². The van der Waals surface area contributed by atoms with Gasteiger partial charge >= 0.3 is 0 Å². The minimum Gasteiger partial charge on any atom is -0.457 e. The lowest BCUT2D eigenvalue weighted by atomic mass is 9.62. The van der Waals surface area contributed by atoms with Crippen molar-refractivity contribution in [2.45, 2.75) is 38.5 Å². The predicted octanol–water partition coefficient (Wildman–Crippen LogP) is 16.2. The maximum atomic E-state index is 9.62. The molecule has 0 fully saturated rings. The number of nitrogens with one attached hydrogen (secondary N) is 2. The zero-order chi connectivity index (χ0) is 59.9. The highest BCUT2D eigenvalue weighted by atomic mass is 16.5. The quantitative estimate of drug-likeness (QED) is 0.133.